The highest BCUT2D eigenvalue weighted by atomic mass is 14.9. The van der Waals surface area contributed by atoms with E-state index < -0.39 is 0 Å². The summed E-state index contributed by atoms with van der Waals surface area (Å²) < 4.78 is 0. The maximum atomic E-state index is 3.82. The zero-order chi connectivity index (χ0) is 12.8. The minimum atomic E-state index is 0.482. The Morgan fingerprint density at radius 3 is 2.11 bits per heavy atom. The van der Waals surface area contributed by atoms with Crippen molar-refractivity contribution >= 4 is 0 Å². The Kier molecular flexibility index (Phi) is 5.25. The minimum absolute atomic E-state index is 0.482. The summed E-state index contributed by atoms with van der Waals surface area (Å²) in [5, 5.41) is 3.82. The maximum Gasteiger partial charge on any atom is 0.0294 e. The van der Waals surface area contributed by atoms with Crippen LogP contribution in [0.2, 0.25) is 0 Å². The summed E-state index contributed by atoms with van der Waals surface area (Å²) in [6, 6.07) is 10.2. The van der Waals surface area contributed by atoms with Gasteiger partial charge >= 0.3 is 0 Å². The van der Waals surface area contributed by atoms with Gasteiger partial charge in [0.15, 0.2) is 0 Å². The molecule has 0 saturated heterocycles. The van der Waals surface area contributed by atoms with E-state index in [0.29, 0.717) is 6.04 Å². The standard InChI is InChI=1S/C17H27N/c1-14-10-12-16(13-11-14)15(2)18-17-8-6-4-3-5-7-9-17/h10-13,15,17-18H,3-9H2,1-2H3/t15-/m0/s1. The molecule has 0 unspecified atom stereocenters. The summed E-state index contributed by atoms with van der Waals surface area (Å²) in [7, 11) is 0. The van der Waals surface area contributed by atoms with Crippen LogP contribution in [-0.2, 0) is 0 Å². The quantitative estimate of drug-likeness (QED) is 0.809. The lowest BCUT2D eigenvalue weighted by Gasteiger charge is -2.25. The normalized spacial score (nSPS) is 20.1. The van der Waals surface area contributed by atoms with Gasteiger partial charge in [-0.2, -0.15) is 0 Å². The molecule has 0 amide bonds. The Balaban J connectivity index is 1.88. The molecule has 1 nitrogen and oxygen atoms in total. The van der Waals surface area contributed by atoms with Crippen molar-refractivity contribution in [3.8, 4) is 0 Å². The molecule has 18 heavy (non-hydrogen) atoms. The van der Waals surface area contributed by atoms with Crippen LogP contribution in [0.1, 0.15) is 69.0 Å². The van der Waals surface area contributed by atoms with Crippen molar-refractivity contribution in [3.05, 3.63) is 35.4 Å². The van der Waals surface area contributed by atoms with E-state index in [1.807, 2.05) is 0 Å². The van der Waals surface area contributed by atoms with Gasteiger partial charge in [-0.3, -0.25) is 0 Å². The fourth-order valence-electron chi connectivity index (χ4n) is 2.93. The Labute approximate surface area is 112 Å². The van der Waals surface area contributed by atoms with Gasteiger partial charge in [-0.1, -0.05) is 61.9 Å². The first-order valence-electron chi connectivity index (χ1n) is 7.58. The summed E-state index contributed by atoms with van der Waals surface area (Å²) in [5.74, 6) is 0. The van der Waals surface area contributed by atoms with Gasteiger partial charge in [0.25, 0.3) is 0 Å². The number of aryl methyl sites for hydroxylation is 1. The SMILES string of the molecule is Cc1ccc([C@H](C)NC2CCCCCCC2)cc1. The minimum Gasteiger partial charge on any atom is -0.307 e. The molecular formula is C17H27N. The highest BCUT2D eigenvalue weighted by molar-refractivity contribution is 5.23. The lowest BCUT2D eigenvalue weighted by atomic mass is 9.95. The van der Waals surface area contributed by atoms with Gasteiger partial charge in [-0.15, -0.1) is 0 Å². The first-order valence-corrected chi connectivity index (χ1v) is 7.58. The van der Waals surface area contributed by atoms with E-state index in [4.69, 9.17) is 0 Å². The first-order chi connectivity index (χ1) is 8.75. The fraction of sp³-hybridized carbons (Fsp3) is 0.647. The zero-order valence-corrected chi connectivity index (χ0v) is 11.9. The van der Waals surface area contributed by atoms with E-state index >= 15 is 0 Å². The molecule has 0 spiro atoms. The molecule has 0 aliphatic heterocycles. The average Bonchev–Trinajstić information content (AvgIpc) is 2.33. The summed E-state index contributed by atoms with van der Waals surface area (Å²) >= 11 is 0. The number of benzene rings is 1. The highest BCUT2D eigenvalue weighted by Gasteiger charge is 2.14. The van der Waals surface area contributed by atoms with Gasteiger partial charge in [0.05, 0.1) is 0 Å². The van der Waals surface area contributed by atoms with Gasteiger partial charge in [-0.05, 0) is 32.3 Å². The topological polar surface area (TPSA) is 12.0 Å². The lowest BCUT2D eigenvalue weighted by Crippen LogP contribution is -2.32. The Morgan fingerprint density at radius 2 is 1.50 bits per heavy atom. The lowest BCUT2D eigenvalue weighted by molar-refractivity contribution is 0.363. The van der Waals surface area contributed by atoms with Gasteiger partial charge in [0, 0.05) is 12.1 Å². The van der Waals surface area contributed by atoms with E-state index in [9.17, 15) is 0 Å². The van der Waals surface area contributed by atoms with Crippen molar-refractivity contribution < 1.29 is 0 Å². The summed E-state index contributed by atoms with van der Waals surface area (Å²) in [4.78, 5) is 0. The first kappa shape index (κ1) is 13.6. The molecule has 0 aromatic heterocycles. The molecular weight excluding hydrogens is 218 g/mol. The van der Waals surface area contributed by atoms with Crippen LogP contribution in [0.25, 0.3) is 0 Å². The summed E-state index contributed by atoms with van der Waals surface area (Å²) in [6.07, 6.45) is 9.82. The van der Waals surface area contributed by atoms with Crippen LogP contribution in [0.3, 0.4) is 0 Å². The van der Waals surface area contributed by atoms with Crippen molar-refractivity contribution in [2.75, 3.05) is 0 Å². The summed E-state index contributed by atoms with van der Waals surface area (Å²) in [6.45, 7) is 4.44. The largest absolute Gasteiger partial charge is 0.307 e. The second-order valence-electron chi connectivity index (χ2n) is 5.84. The van der Waals surface area contributed by atoms with E-state index in [1.54, 1.807) is 0 Å². The highest BCUT2D eigenvalue weighted by Crippen LogP contribution is 2.21. The van der Waals surface area contributed by atoms with Crippen molar-refractivity contribution in [1.82, 2.24) is 5.32 Å². The Morgan fingerprint density at radius 1 is 0.944 bits per heavy atom. The Bertz CT molecular complexity index is 333. The molecule has 1 fully saturated rings. The molecule has 1 atom stereocenters. The van der Waals surface area contributed by atoms with Gasteiger partial charge in [-0.25, -0.2) is 0 Å². The third kappa shape index (κ3) is 4.13. The third-order valence-electron chi connectivity index (χ3n) is 4.17. The number of hydrogen-bond acceptors (Lipinski definition) is 1. The van der Waals surface area contributed by atoms with Crippen LogP contribution in [0.5, 0.6) is 0 Å². The molecule has 0 radical (unpaired) electrons. The monoisotopic (exact) mass is 245 g/mol. The molecule has 1 N–H and O–H groups in total. The third-order valence-corrected chi connectivity index (χ3v) is 4.17. The smallest absolute Gasteiger partial charge is 0.0294 e. The van der Waals surface area contributed by atoms with Crippen molar-refractivity contribution in [2.24, 2.45) is 0 Å². The second-order valence-corrected chi connectivity index (χ2v) is 5.84. The number of rotatable bonds is 3. The predicted octanol–water partition coefficient (Wildman–Crippen LogP) is 4.76. The zero-order valence-electron chi connectivity index (χ0n) is 11.9. The van der Waals surface area contributed by atoms with Crippen molar-refractivity contribution in [2.45, 2.75) is 70.9 Å². The molecule has 1 aromatic carbocycles. The average molecular weight is 245 g/mol. The van der Waals surface area contributed by atoms with Crippen molar-refractivity contribution in [3.63, 3.8) is 0 Å². The van der Waals surface area contributed by atoms with Crippen LogP contribution in [0.4, 0.5) is 0 Å². The molecule has 2 rings (SSSR count). The van der Waals surface area contributed by atoms with E-state index in [-0.39, 0.29) is 0 Å². The molecule has 1 aliphatic rings. The van der Waals surface area contributed by atoms with Gasteiger partial charge in [0.1, 0.15) is 0 Å². The second kappa shape index (κ2) is 6.94. The van der Waals surface area contributed by atoms with Gasteiger partial charge in [0.2, 0.25) is 0 Å². The molecule has 1 aliphatic carbocycles. The molecule has 0 bridgehead atoms. The van der Waals surface area contributed by atoms with Gasteiger partial charge < -0.3 is 5.32 Å². The summed E-state index contributed by atoms with van der Waals surface area (Å²) in [5.41, 5.74) is 2.76. The van der Waals surface area contributed by atoms with E-state index in [1.165, 1.54) is 56.1 Å². The van der Waals surface area contributed by atoms with Crippen LogP contribution in [0, 0.1) is 6.92 Å². The molecule has 100 valence electrons. The Hall–Kier alpha value is -0.820. The van der Waals surface area contributed by atoms with Crippen molar-refractivity contribution in [1.29, 1.82) is 0 Å². The molecule has 1 saturated carbocycles. The molecule has 0 heterocycles. The van der Waals surface area contributed by atoms with E-state index in [0.717, 1.165) is 6.04 Å². The maximum absolute atomic E-state index is 3.82. The van der Waals surface area contributed by atoms with E-state index in [2.05, 4.69) is 43.4 Å². The van der Waals surface area contributed by atoms with Crippen LogP contribution >= 0.6 is 0 Å². The molecule has 1 heteroatoms. The number of nitrogens with one attached hydrogen (secondary N) is 1. The molecule has 1 aromatic rings. The predicted molar refractivity (Wildman–Crippen MR) is 78.8 cm³/mol. The van der Waals surface area contributed by atoms with Crippen LogP contribution in [0.15, 0.2) is 24.3 Å². The van der Waals surface area contributed by atoms with Crippen LogP contribution in [-0.4, -0.2) is 6.04 Å². The van der Waals surface area contributed by atoms with Crippen LogP contribution < -0.4 is 5.32 Å². The fourth-order valence-corrected chi connectivity index (χ4v) is 2.93. The number of hydrogen-bond donors (Lipinski definition) is 1.